The zero-order valence-electron chi connectivity index (χ0n) is 15.4. The van der Waals surface area contributed by atoms with Gasteiger partial charge in [0, 0.05) is 0 Å². The smallest absolute Gasteiger partial charge is 0.387 e. The second-order valence-corrected chi connectivity index (χ2v) is 10.8. The van der Waals surface area contributed by atoms with Crippen LogP contribution in [0.2, 0.25) is 0 Å². The van der Waals surface area contributed by atoms with Crippen molar-refractivity contribution in [3.63, 3.8) is 0 Å². The van der Waals surface area contributed by atoms with Gasteiger partial charge < -0.3 is 39.9 Å². The number of aromatic amines is 1. The van der Waals surface area contributed by atoms with Crippen LogP contribution in [0.25, 0.3) is 11.2 Å². The number of nitrogens with one attached hydrogen (secondary N) is 1. The van der Waals surface area contributed by atoms with Gasteiger partial charge in [-0.05, 0) is 0 Å². The van der Waals surface area contributed by atoms with Crippen LogP contribution in [-0.4, -0.2) is 76.9 Å². The first-order valence-corrected chi connectivity index (χ1v) is 12.8. The molecular weight excluding hydrogens is 502 g/mol. The van der Waals surface area contributed by atoms with Gasteiger partial charge in [0.25, 0.3) is 13.0 Å². The van der Waals surface area contributed by atoms with Crippen molar-refractivity contribution in [1.82, 2.24) is 19.5 Å². The molecule has 1 aliphatic rings. The minimum absolute atomic E-state index is 0.0901. The van der Waals surface area contributed by atoms with Gasteiger partial charge in [0.05, 0.1) is 12.9 Å². The minimum Gasteiger partial charge on any atom is -0.387 e. The molecule has 3 unspecified atom stereocenters. The predicted octanol–water partition coefficient (Wildman–Crippen LogP) is -2.16. The largest absolute Gasteiger partial charge is 0.487 e. The maximum Gasteiger partial charge on any atom is 0.487 e. The topological polar surface area (TPSA) is 279 Å². The summed E-state index contributed by atoms with van der Waals surface area (Å²) in [5, 5.41) is 20.5. The molecule has 176 valence electrons. The van der Waals surface area contributed by atoms with Crippen LogP contribution in [0.5, 0.6) is 0 Å². The van der Waals surface area contributed by atoms with Crippen molar-refractivity contribution in [3.05, 3.63) is 16.7 Å². The molecule has 2 radical (unpaired) electrons. The molecule has 1 fully saturated rings. The molecule has 18 nitrogen and oxygen atoms in total. The molecule has 1 aliphatic heterocycles. The molecule has 0 spiro atoms. The molecule has 1 saturated heterocycles. The Morgan fingerprint density at radius 2 is 1.88 bits per heavy atom. The number of anilines is 1. The molecule has 6 atom stereocenters. The number of ether oxygens (including phenoxy) is 1. The fraction of sp³-hybridized carbons (Fsp3) is 0.500. The number of nitrogens with zero attached hydrogens (tertiary/aromatic N) is 3. The van der Waals surface area contributed by atoms with E-state index in [4.69, 9.17) is 27.8 Å². The lowest BCUT2D eigenvalue weighted by Gasteiger charge is -2.21. The molecule has 22 heteroatoms. The number of hydrogen-bond donors (Lipinski definition) is 7. The molecule has 8 N–H and O–H groups in total. The maximum absolute atomic E-state index is 12.0. The highest BCUT2D eigenvalue weighted by Crippen LogP contribution is 2.66. The Kier molecular flexibility index (Phi) is 6.86. The molecule has 32 heavy (non-hydrogen) atoms. The number of H-pyrrole nitrogens is 1. The Bertz CT molecular complexity index is 1210. The zero-order chi connectivity index (χ0) is 24.1. The summed E-state index contributed by atoms with van der Waals surface area (Å²) >= 11 is 0. The lowest BCUT2D eigenvalue weighted by Crippen LogP contribution is -2.33. The van der Waals surface area contributed by atoms with E-state index in [9.17, 15) is 33.6 Å². The predicted molar refractivity (Wildman–Crippen MR) is 102 cm³/mol. The van der Waals surface area contributed by atoms with Gasteiger partial charge in [-0.25, -0.2) is 18.4 Å². The van der Waals surface area contributed by atoms with Crippen molar-refractivity contribution >= 4 is 47.8 Å². The van der Waals surface area contributed by atoms with E-state index in [0.29, 0.717) is 0 Å². The van der Waals surface area contributed by atoms with Gasteiger partial charge in [-0.2, -0.15) is 9.29 Å². The van der Waals surface area contributed by atoms with Gasteiger partial charge in [0.15, 0.2) is 17.4 Å². The van der Waals surface area contributed by atoms with Gasteiger partial charge in [-0.1, -0.05) is 0 Å². The summed E-state index contributed by atoms with van der Waals surface area (Å²) in [4.78, 5) is 48.0. The third-order valence-electron chi connectivity index (χ3n) is 3.91. The SMILES string of the molecule is [B]P(=O)(OC[C@H]1O[C@@H](n2cnc3c(=O)[nH]c(N)nc32)[C@@H](O)C1O)OP(=O)(O)OP(=O)(O)O. The lowest BCUT2D eigenvalue weighted by molar-refractivity contribution is -0.0479. The average molecular weight is 517 g/mol. The Balaban J connectivity index is 1.72. The fourth-order valence-electron chi connectivity index (χ4n) is 2.72. The quantitative estimate of drug-likeness (QED) is 0.145. The second kappa shape index (κ2) is 8.72. The molecular formula is C10H15BN5O13P3. The van der Waals surface area contributed by atoms with Crippen molar-refractivity contribution in [1.29, 1.82) is 0 Å². The monoisotopic (exact) mass is 517 g/mol. The van der Waals surface area contributed by atoms with Crippen molar-refractivity contribution in [2.75, 3.05) is 12.3 Å². The van der Waals surface area contributed by atoms with E-state index in [2.05, 4.69) is 28.1 Å². The molecule has 2 aromatic heterocycles. The summed E-state index contributed by atoms with van der Waals surface area (Å²) in [6, 6.07) is 0. The summed E-state index contributed by atoms with van der Waals surface area (Å²) in [5.74, 6) is -0.260. The molecule has 0 bridgehead atoms. The highest BCUT2D eigenvalue weighted by molar-refractivity contribution is 7.84. The van der Waals surface area contributed by atoms with Crippen molar-refractivity contribution in [2.24, 2.45) is 0 Å². The highest BCUT2D eigenvalue weighted by atomic mass is 31.3. The van der Waals surface area contributed by atoms with E-state index in [-0.39, 0.29) is 17.1 Å². The lowest BCUT2D eigenvalue weighted by atomic mass is 10.1. The number of aliphatic hydroxyl groups is 2. The molecule has 3 heterocycles. The Morgan fingerprint density at radius 1 is 1.22 bits per heavy atom. The number of rotatable bonds is 8. The third-order valence-corrected chi connectivity index (χ3v) is 7.83. The van der Waals surface area contributed by atoms with E-state index >= 15 is 0 Å². The van der Waals surface area contributed by atoms with Crippen LogP contribution in [0.15, 0.2) is 11.1 Å². The standard InChI is InChI=1S/C10H15BN5O13P3/c11-30(20,28-32(24,25)29-31(21,22)23)26-1-3-5(17)6(18)9(27-3)16-2-13-4-7(16)14-10(12)15-8(4)19/h2-3,5-6,9,17-18H,1H2,(H,24,25)(H2,21,22,23)(H3,12,14,15,19)/t3-,5?,6+,9-,30?/m1/s1. The van der Waals surface area contributed by atoms with Crippen LogP contribution in [0.3, 0.4) is 0 Å². The van der Waals surface area contributed by atoms with E-state index in [1.807, 2.05) is 0 Å². The number of aliphatic hydroxyl groups excluding tert-OH is 2. The molecule has 0 amide bonds. The molecule has 0 aliphatic carbocycles. The summed E-state index contributed by atoms with van der Waals surface area (Å²) in [6.07, 6.45) is -5.09. The van der Waals surface area contributed by atoms with E-state index in [0.717, 1.165) is 10.9 Å². The highest BCUT2D eigenvalue weighted by Gasteiger charge is 2.46. The van der Waals surface area contributed by atoms with Gasteiger partial charge >= 0.3 is 15.6 Å². The second-order valence-electron chi connectivity index (χ2n) is 6.28. The van der Waals surface area contributed by atoms with Crippen LogP contribution < -0.4 is 11.3 Å². The number of phosphoric acid groups is 2. The first-order valence-electron chi connectivity index (χ1n) is 8.17. The molecule has 0 aromatic carbocycles. The average Bonchev–Trinajstić information content (AvgIpc) is 3.12. The van der Waals surface area contributed by atoms with E-state index in [1.165, 1.54) is 0 Å². The van der Waals surface area contributed by atoms with Crippen molar-refractivity contribution in [3.8, 4) is 0 Å². The van der Waals surface area contributed by atoms with E-state index < -0.39 is 59.8 Å². The van der Waals surface area contributed by atoms with Crippen molar-refractivity contribution in [2.45, 2.75) is 24.5 Å². The number of fused-ring (bicyclic) bond motifs is 1. The van der Waals surface area contributed by atoms with Gasteiger partial charge in [-0.3, -0.25) is 18.9 Å². The van der Waals surface area contributed by atoms with Gasteiger partial charge in [0.2, 0.25) is 13.5 Å². The number of nitrogen functional groups attached to an aromatic ring is 1. The number of imidazole rings is 1. The Morgan fingerprint density at radius 3 is 2.50 bits per heavy atom. The first-order chi connectivity index (χ1) is 14.6. The fourth-order valence-corrected chi connectivity index (χ4v) is 5.88. The maximum atomic E-state index is 12.0. The van der Waals surface area contributed by atoms with Crippen LogP contribution in [0.4, 0.5) is 5.95 Å². The minimum atomic E-state index is -5.61. The summed E-state index contributed by atoms with van der Waals surface area (Å²) < 4.78 is 52.6. The number of aromatic nitrogens is 4. The molecule has 2 aromatic rings. The summed E-state index contributed by atoms with van der Waals surface area (Å²) in [5.41, 5.74) is 4.57. The van der Waals surface area contributed by atoms with Gasteiger partial charge in [0.1, 0.15) is 18.3 Å². The van der Waals surface area contributed by atoms with Crippen LogP contribution in [0.1, 0.15) is 6.23 Å². The first kappa shape index (κ1) is 25.2. The van der Waals surface area contributed by atoms with Crippen LogP contribution in [-0.2, 0) is 31.6 Å². The Labute approximate surface area is 178 Å². The number of hydrogen-bond acceptors (Lipinski definition) is 13. The normalized spacial score (nSPS) is 27.9. The molecule has 0 saturated carbocycles. The van der Waals surface area contributed by atoms with Crippen LogP contribution in [0, 0.1) is 0 Å². The summed E-state index contributed by atoms with van der Waals surface area (Å²) in [6.45, 7) is -0.888. The summed E-state index contributed by atoms with van der Waals surface area (Å²) in [7, 11) is -11.0. The molecule has 3 rings (SSSR count). The zero-order valence-corrected chi connectivity index (χ0v) is 18.1. The van der Waals surface area contributed by atoms with Crippen molar-refractivity contribution < 1.29 is 56.5 Å². The van der Waals surface area contributed by atoms with Gasteiger partial charge in [-0.15, -0.1) is 0 Å². The third kappa shape index (κ3) is 5.72. The van der Waals surface area contributed by atoms with E-state index in [1.54, 1.807) is 0 Å². The van der Waals surface area contributed by atoms with Crippen LogP contribution >= 0.6 is 23.1 Å². The number of nitrogens with two attached hydrogens (primary N) is 1. The Hall–Kier alpha value is -1.46.